The second-order valence-corrected chi connectivity index (χ2v) is 7.78. The smallest absolute Gasteiger partial charge is 0.325 e. The molecule has 1 aromatic carbocycles. The summed E-state index contributed by atoms with van der Waals surface area (Å²) in [4.78, 5) is 38.0. The van der Waals surface area contributed by atoms with Crippen molar-refractivity contribution in [3.63, 3.8) is 0 Å². The maximum absolute atomic E-state index is 13.0. The van der Waals surface area contributed by atoms with Crippen LogP contribution in [0.4, 0.5) is 36.8 Å². The highest BCUT2D eigenvalue weighted by molar-refractivity contribution is 6.10. The molecular formula is C19H19F6N3O3. The van der Waals surface area contributed by atoms with Crippen molar-refractivity contribution in [1.82, 2.24) is 10.2 Å². The van der Waals surface area contributed by atoms with E-state index in [1.807, 2.05) is 5.32 Å². The number of alkyl halides is 6. The summed E-state index contributed by atoms with van der Waals surface area (Å²) in [5, 5.41) is 4.53. The maximum Gasteiger partial charge on any atom is 0.416 e. The Balaban J connectivity index is 1.79. The minimum atomic E-state index is -5.07. The molecule has 2 fully saturated rings. The molecule has 31 heavy (non-hydrogen) atoms. The first-order valence-electron chi connectivity index (χ1n) is 9.47. The summed E-state index contributed by atoms with van der Waals surface area (Å²) in [6, 6.07) is -0.191. The highest BCUT2D eigenvalue weighted by atomic mass is 19.4. The topological polar surface area (TPSA) is 78.5 Å². The van der Waals surface area contributed by atoms with Gasteiger partial charge in [-0.25, -0.2) is 4.79 Å². The molecule has 170 valence electrons. The predicted molar refractivity (Wildman–Crippen MR) is 95.7 cm³/mol. The first kappa shape index (κ1) is 22.9. The molecule has 12 heteroatoms. The summed E-state index contributed by atoms with van der Waals surface area (Å²) in [5.41, 5.74) is -5.08. The number of anilines is 1. The third-order valence-corrected chi connectivity index (χ3v) is 5.67. The van der Waals surface area contributed by atoms with Gasteiger partial charge in [0.1, 0.15) is 12.1 Å². The minimum absolute atomic E-state index is 0.0681. The number of rotatable bonds is 3. The molecule has 6 nitrogen and oxygen atoms in total. The van der Waals surface area contributed by atoms with Gasteiger partial charge in [-0.2, -0.15) is 26.3 Å². The van der Waals surface area contributed by atoms with Crippen LogP contribution in [0, 0.1) is 5.92 Å². The van der Waals surface area contributed by atoms with Crippen molar-refractivity contribution in [3.05, 3.63) is 29.3 Å². The van der Waals surface area contributed by atoms with E-state index in [9.17, 15) is 40.7 Å². The van der Waals surface area contributed by atoms with Crippen LogP contribution in [-0.4, -0.2) is 34.8 Å². The van der Waals surface area contributed by atoms with Gasteiger partial charge in [-0.05, 0) is 37.0 Å². The molecule has 4 amide bonds. The van der Waals surface area contributed by atoms with Gasteiger partial charge in [0, 0.05) is 5.69 Å². The van der Waals surface area contributed by atoms with Crippen LogP contribution in [0.3, 0.4) is 0 Å². The number of urea groups is 1. The molecule has 2 aliphatic rings. The standard InChI is InChI=1S/C19H19F6N3O3/c1-10-4-2-3-5-17(10)15(30)28(16(31)27-17)9-14(29)26-13-7-11(18(20,21)22)6-12(8-13)19(23,24)25/h6-8,10H,2-5,9H2,1H3,(H,26,29)(H,27,31)/t10-,17+/m1/s1. The zero-order valence-corrected chi connectivity index (χ0v) is 16.3. The Hall–Kier alpha value is -2.79. The van der Waals surface area contributed by atoms with E-state index in [4.69, 9.17) is 0 Å². The van der Waals surface area contributed by atoms with Gasteiger partial charge in [0.25, 0.3) is 5.91 Å². The van der Waals surface area contributed by atoms with E-state index in [1.165, 1.54) is 0 Å². The SMILES string of the molecule is C[C@@H]1CCCC[C@]12NC(=O)N(CC(=O)Nc1cc(C(F)(F)F)cc(C(F)(F)F)c1)C2=O. The second-order valence-electron chi connectivity index (χ2n) is 7.78. The number of halogens is 6. The normalized spacial score (nSPS) is 24.5. The Kier molecular flexibility index (Phi) is 5.70. The maximum atomic E-state index is 13.0. The van der Waals surface area contributed by atoms with Gasteiger partial charge in [-0.3, -0.25) is 14.5 Å². The number of carbonyl (C=O) groups excluding carboxylic acids is 3. The number of benzene rings is 1. The Morgan fingerprint density at radius 2 is 1.68 bits per heavy atom. The summed E-state index contributed by atoms with van der Waals surface area (Å²) >= 11 is 0. The number of hydrogen-bond acceptors (Lipinski definition) is 3. The summed E-state index contributed by atoms with van der Waals surface area (Å²) < 4.78 is 77.7. The number of carbonyl (C=O) groups is 3. The van der Waals surface area contributed by atoms with E-state index >= 15 is 0 Å². The molecule has 2 N–H and O–H groups in total. The zero-order valence-electron chi connectivity index (χ0n) is 16.3. The monoisotopic (exact) mass is 451 g/mol. The summed E-state index contributed by atoms with van der Waals surface area (Å²) in [6.07, 6.45) is -7.50. The first-order valence-corrected chi connectivity index (χ1v) is 9.47. The molecular weight excluding hydrogens is 432 g/mol. The van der Waals surface area contributed by atoms with Crippen molar-refractivity contribution in [2.75, 3.05) is 11.9 Å². The van der Waals surface area contributed by atoms with Crippen LogP contribution in [0.1, 0.15) is 43.7 Å². The quantitative estimate of drug-likeness (QED) is 0.535. The lowest BCUT2D eigenvalue weighted by molar-refractivity contribution is -0.143. The first-order chi connectivity index (χ1) is 14.2. The van der Waals surface area contributed by atoms with Crippen molar-refractivity contribution < 1.29 is 40.7 Å². The van der Waals surface area contributed by atoms with E-state index in [1.54, 1.807) is 6.92 Å². The molecule has 1 saturated heterocycles. The van der Waals surface area contributed by atoms with Crippen LogP contribution in [0.15, 0.2) is 18.2 Å². The highest BCUT2D eigenvalue weighted by Crippen LogP contribution is 2.39. The van der Waals surface area contributed by atoms with E-state index in [2.05, 4.69) is 5.32 Å². The lowest BCUT2D eigenvalue weighted by atomic mass is 9.73. The van der Waals surface area contributed by atoms with Gasteiger partial charge < -0.3 is 10.6 Å². The van der Waals surface area contributed by atoms with Crippen LogP contribution < -0.4 is 10.6 Å². The van der Waals surface area contributed by atoms with Crippen molar-refractivity contribution in [1.29, 1.82) is 0 Å². The summed E-state index contributed by atoms with van der Waals surface area (Å²) in [6.45, 7) is 0.957. The Morgan fingerprint density at radius 1 is 1.10 bits per heavy atom. The van der Waals surface area contributed by atoms with Gasteiger partial charge >= 0.3 is 18.4 Å². The second kappa shape index (κ2) is 7.72. The fourth-order valence-corrected chi connectivity index (χ4v) is 4.01. The van der Waals surface area contributed by atoms with Crippen LogP contribution in [0.25, 0.3) is 0 Å². The van der Waals surface area contributed by atoms with E-state index < -0.39 is 59.1 Å². The molecule has 0 bridgehead atoms. The summed E-state index contributed by atoms with van der Waals surface area (Å²) in [7, 11) is 0. The van der Waals surface area contributed by atoms with E-state index in [0.717, 1.165) is 6.42 Å². The molecule has 1 aliphatic heterocycles. The molecule has 1 saturated carbocycles. The zero-order chi connectivity index (χ0) is 23.2. The van der Waals surface area contributed by atoms with Crippen LogP contribution in [0.2, 0.25) is 0 Å². The fraction of sp³-hybridized carbons (Fsp3) is 0.526. The van der Waals surface area contributed by atoms with Crippen molar-refractivity contribution >= 4 is 23.5 Å². The van der Waals surface area contributed by atoms with Gasteiger partial charge in [0.05, 0.1) is 11.1 Å². The number of imide groups is 1. The van der Waals surface area contributed by atoms with E-state index in [0.29, 0.717) is 36.3 Å². The number of hydrogen-bond donors (Lipinski definition) is 2. The molecule has 1 spiro atoms. The molecule has 3 rings (SSSR count). The average Bonchev–Trinajstić information content (AvgIpc) is 2.87. The fourth-order valence-electron chi connectivity index (χ4n) is 4.01. The Morgan fingerprint density at radius 3 is 2.19 bits per heavy atom. The van der Waals surface area contributed by atoms with E-state index in [-0.39, 0.29) is 12.0 Å². The highest BCUT2D eigenvalue weighted by Gasteiger charge is 2.55. The van der Waals surface area contributed by atoms with Crippen LogP contribution in [0.5, 0.6) is 0 Å². The number of nitrogens with one attached hydrogen (secondary N) is 2. The predicted octanol–water partition coefficient (Wildman–Crippen LogP) is 4.16. The third kappa shape index (κ3) is 4.47. The van der Waals surface area contributed by atoms with Gasteiger partial charge in [0.2, 0.25) is 5.91 Å². The average molecular weight is 451 g/mol. The van der Waals surface area contributed by atoms with Crippen molar-refractivity contribution in [2.24, 2.45) is 5.92 Å². The molecule has 1 aliphatic carbocycles. The molecule has 1 heterocycles. The molecule has 1 aromatic rings. The number of amides is 4. The Bertz CT molecular complexity index is 882. The molecule has 0 radical (unpaired) electrons. The molecule has 2 atom stereocenters. The minimum Gasteiger partial charge on any atom is -0.325 e. The van der Waals surface area contributed by atoms with Crippen molar-refractivity contribution in [3.8, 4) is 0 Å². The Labute approximate surface area is 173 Å². The lowest BCUT2D eigenvalue weighted by Gasteiger charge is -2.36. The lowest BCUT2D eigenvalue weighted by Crippen LogP contribution is -2.54. The van der Waals surface area contributed by atoms with Gasteiger partial charge in [-0.1, -0.05) is 19.8 Å². The van der Waals surface area contributed by atoms with Crippen molar-refractivity contribution in [2.45, 2.75) is 50.5 Å². The summed E-state index contributed by atoms with van der Waals surface area (Å²) in [5.74, 6) is -1.90. The molecule has 0 unspecified atom stereocenters. The van der Waals surface area contributed by atoms with Gasteiger partial charge in [0.15, 0.2) is 0 Å². The number of nitrogens with zero attached hydrogens (tertiary/aromatic N) is 1. The molecule has 0 aromatic heterocycles. The largest absolute Gasteiger partial charge is 0.416 e. The third-order valence-electron chi connectivity index (χ3n) is 5.67. The van der Waals surface area contributed by atoms with Crippen LogP contribution >= 0.6 is 0 Å². The van der Waals surface area contributed by atoms with Gasteiger partial charge in [-0.15, -0.1) is 0 Å². The van der Waals surface area contributed by atoms with Crippen LogP contribution in [-0.2, 0) is 21.9 Å².